The Morgan fingerprint density at radius 1 is 1.00 bits per heavy atom. The van der Waals surface area contributed by atoms with E-state index in [9.17, 15) is 8.78 Å². The van der Waals surface area contributed by atoms with E-state index >= 15 is 0 Å². The van der Waals surface area contributed by atoms with Crippen LogP contribution in [0, 0.1) is 11.6 Å². The molecule has 0 N–H and O–H groups in total. The second kappa shape index (κ2) is 6.55. The van der Waals surface area contributed by atoms with Crippen LogP contribution in [0.5, 0.6) is 5.75 Å². The van der Waals surface area contributed by atoms with Crippen molar-refractivity contribution in [3.05, 3.63) is 29.8 Å². The van der Waals surface area contributed by atoms with Crippen molar-refractivity contribution in [1.29, 1.82) is 0 Å². The Balaban J connectivity index is 0.000000686. The number of hydrogen-bond donors (Lipinski definition) is 0. The molecule has 2 nitrogen and oxygen atoms in total. The first-order valence-electron chi connectivity index (χ1n) is 5.83. The van der Waals surface area contributed by atoms with Crippen LogP contribution in [-0.2, 0) is 4.74 Å². The molecule has 96 valence electrons. The molecule has 2 rings (SSSR count). The van der Waals surface area contributed by atoms with Crippen molar-refractivity contribution in [1.82, 2.24) is 0 Å². The van der Waals surface area contributed by atoms with E-state index < -0.39 is 11.6 Å². The van der Waals surface area contributed by atoms with E-state index in [4.69, 9.17) is 9.47 Å². The monoisotopic (exact) mass is 244 g/mol. The molecule has 0 unspecified atom stereocenters. The van der Waals surface area contributed by atoms with Crippen molar-refractivity contribution in [2.24, 2.45) is 0 Å². The van der Waals surface area contributed by atoms with Gasteiger partial charge in [-0.2, -0.15) is 0 Å². The number of methoxy groups -OCH3 is 1. The van der Waals surface area contributed by atoms with Crippen LogP contribution in [0.2, 0.25) is 0 Å². The van der Waals surface area contributed by atoms with Crippen LogP contribution >= 0.6 is 0 Å². The second-order valence-corrected chi connectivity index (χ2v) is 3.67. The number of hydrogen-bond acceptors (Lipinski definition) is 2. The minimum absolute atomic E-state index is 0.0103. The molecule has 1 saturated carbocycles. The molecule has 1 aliphatic rings. The minimum Gasteiger partial charge on any atom is -0.490 e. The van der Waals surface area contributed by atoms with Gasteiger partial charge >= 0.3 is 0 Å². The van der Waals surface area contributed by atoms with Gasteiger partial charge in [-0.05, 0) is 0 Å². The van der Waals surface area contributed by atoms with Gasteiger partial charge < -0.3 is 9.47 Å². The largest absolute Gasteiger partial charge is 0.490 e. The lowest BCUT2D eigenvalue weighted by Gasteiger charge is -2.34. The van der Waals surface area contributed by atoms with E-state index in [-0.39, 0.29) is 18.0 Å². The molecule has 0 atom stereocenters. The van der Waals surface area contributed by atoms with Gasteiger partial charge in [-0.3, -0.25) is 0 Å². The maximum Gasteiger partial charge on any atom is 0.129 e. The molecule has 1 aromatic carbocycles. The highest BCUT2D eigenvalue weighted by Gasteiger charge is 2.30. The van der Waals surface area contributed by atoms with Crippen molar-refractivity contribution < 1.29 is 18.3 Å². The van der Waals surface area contributed by atoms with Gasteiger partial charge in [0.15, 0.2) is 0 Å². The first-order valence-corrected chi connectivity index (χ1v) is 5.83. The summed E-state index contributed by atoms with van der Waals surface area (Å²) in [5.74, 6) is -0.993. The van der Waals surface area contributed by atoms with E-state index in [1.165, 1.54) is 12.1 Å². The van der Waals surface area contributed by atoms with E-state index in [2.05, 4.69) is 0 Å². The van der Waals surface area contributed by atoms with Crippen molar-refractivity contribution in [2.45, 2.75) is 38.9 Å². The summed E-state index contributed by atoms with van der Waals surface area (Å²) in [6.07, 6.45) is 1.77. The predicted octanol–water partition coefficient (Wildman–Crippen LogP) is 3.55. The van der Waals surface area contributed by atoms with Gasteiger partial charge in [0.2, 0.25) is 0 Å². The summed E-state index contributed by atoms with van der Waals surface area (Å²) in [4.78, 5) is 0. The lowest BCUT2D eigenvalue weighted by molar-refractivity contribution is -0.0382. The Hall–Kier alpha value is -1.16. The summed E-state index contributed by atoms with van der Waals surface area (Å²) < 4.78 is 36.1. The van der Waals surface area contributed by atoms with Crippen molar-refractivity contribution in [2.75, 3.05) is 7.11 Å². The fourth-order valence-electron chi connectivity index (χ4n) is 1.60. The summed E-state index contributed by atoms with van der Waals surface area (Å²) >= 11 is 0. The zero-order valence-corrected chi connectivity index (χ0v) is 10.4. The molecular weight excluding hydrogens is 226 g/mol. The van der Waals surface area contributed by atoms with Crippen LogP contribution in [0.1, 0.15) is 26.7 Å². The molecule has 0 amide bonds. The van der Waals surface area contributed by atoms with E-state index in [1.54, 1.807) is 7.11 Å². The third kappa shape index (κ3) is 3.97. The highest BCUT2D eigenvalue weighted by atomic mass is 19.1. The molecule has 0 radical (unpaired) electrons. The molecule has 0 aromatic heterocycles. The van der Waals surface area contributed by atoms with Crippen molar-refractivity contribution in [3.63, 3.8) is 0 Å². The average Bonchev–Trinajstić information content (AvgIpc) is 2.24. The highest BCUT2D eigenvalue weighted by Crippen LogP contribution is 2.28. The van der Waals surface area contributed by atoms with Gasteiger partial charge in [-0.1, -0.05) is 13.8 Å². The number of benzene rings is 1. The number of halogens is 2. The Bertz CT molecular complexity index is 329. The smallest absolute Gasteiger partial charge is 0.129 e. The van der Waals surface area contributed by atoms with E-state index in [0.717, 1.165) is 18.9 Å². The SMILES string of the molecule is CC.COC1CC(Oc2cc(F)cc(F)c2)C1. The molecule has 0 saturated heterocycles. The van der Waals surface area contributed by atoms with Crippen molar-refractivity contribution >= 4 is 0 Å². The van der Waals surface area contributed by atoms with Crippen molar-refractivity contribution in [3.8, 4) is 5.75 Å². The van der Waals surface area contributed by atoms with Crippen LogP contribution in [0.4, 0.5) is 8.78 Å². The number of ether oxygens (including phenoxy) is 2. The summed E-state index contributed by atoms with van der Waals surface area (Å²) in [7, 11) is 1.64. The summed E-state index contributed by atoms with van der Waals surface area (Å²) in [5.41, 5.74) is 0. The van der Waals surface area contributed by atoms with Gasteiger partial charge in [0, 0.05) is 38.2 Å². The average molecular weight is 244 g/mol. The van der Waals surface area contributed by atoms with Gasteiger partial charge in [0.25, 0.3) is 0 Å². The van der Waals surface area contributed by atoms with E-state index in [0.29, 0.717) is 0 Å². The molecule has 1 fully saturated rings. The van der Waals surface area contributed by atoms with Gasteiger partial charge in [0.1, 0.15) is 23.5 Å². The van der Waals surface area contributed by atoms with Crippen LogP contribution in [0.3, 0.4) is 0 Å². The van der Waals surface area contributed by atoms with Crippen LogP contribution in [0.25, 0.3) is 0 Å². The lowest BCUT2D eigenvalue weighted by atomic mass is 9.92. The molecule has 0 spiro atoms. The highest BCUT2D eigenvalue weighted by molar-refractivity contribution is 5.24. The van der Waals surface area contributed by atoms with Gasteiger partial charge in [0.05, 0.1) is 6.10 Å². The van der Waals surface area contributed by atoms with Crippen LogP contribution < -0.4 is 4.74 Å². The van der Waals surface area contributed by atoms with E-state index in [1.807, 2.05) is 13.8 Å². The Morgan fingerprint density at radius 2 is 1.53 bits per heavy atom. The zero-order valence-electron chi connectivity index (χ0n) is 10.4. The molecule has 0 heterocycles. The summed E-state index contributed by atoms with van der Waals surface area (Å²) in [6, 6.07) is 3.19. The zero-order chi connectivity index (χ0) is 12.8. The molecule has 0 aliphatic heterocycles. The fraction of sp³-hybridized carbons (Fsp3) is 0.538. The third-order valence-electron chi connectivity index (χ3n) is 2.52. The molecule has 1 aromatic rings. The Kier molecular flexibility index (Phi) is 5.35. The lowest BCUT2D eigenvalue weighted by Crippen LogP contribution is -2.38. The predicted molar refractivity (Wildman–Crippen MR) is 62.2 cm³/mol. The first-order chi connectivity index (χ1) is 8.17. The van der Waals surface area contributed by atoms with Gasteiger partial charge in [-0.15, -0.1) is 0 Å². The van der Waals surface area contributed by atoms with Gasteiger partial charge in [-0.25, -0.2) is 8.78 Å². The standard InChI is InChI=1S/C11H12F2O2.C2H6/c1-14-9-5-11(6-9)15-10-3-7(12)2-8(13)4-10;1-2/h2-4,9,11H,5-6H2,1H3;1-2H3. The maximum atomic E-state index is 12.8. The quantitative estimate of drug-likeness (QED) is 0.809. The minimum atomic E-state index is -0.618. The molecular formula is C13H18F2O2. The molecule has 17 heavy (non-hydrogen) atoms. The second-order valence-electron chi connectivity index (χ2n) is 3.67. The first kappa shape index (κ1) is 13.9. The molecule has 0 bridgehead atoms. The normalized spacial score (nSPS) is 22.2. The topological polar surface area (TPSA) is 18.5 Å². The molecule has 4 heteroatoms. The Labute approximate surface area is 101 Å². The Morgan fingerprint density at radius 3 is 2.00 bits per heavy atom. The summed E-state index contributed by atoms with van der Waals surface area (Å²) in [5, 5.41) is 0. The van der Waals surface area contributed by atoms with Crippen LogP contribution in [0.15, 0.2) is 18.2 Å². The van der Waals surface area contributed by atoms with Crippen LogP contribution in [-0.4, -0.2) is 19.3 Å². The maximum absolute atomic E-state index is 12.8. The summed E-state index contributed by atoms with van der Waals surface area (Å²) in [6.45, 7) is 4.00. The number of rotatable bonds is 3. The molecule has 1 aliphatic carbocycles. The third-order valence-corrected chi connectivity index (χ3v) is 2.52. The fourth-order valence-corrected chi connectivity index (χ4v) is 1.60.